The van der Waals surface area contributed by atoms with Crippen molar-refractivity contribution in [3.05, 3.63) is 102 Å². The highest BCUT2D eigenvalue weighted by Gasteiger charge is 2.58. The van der Waals surface area contributed by atoms with Gasteiger partial charge in [-0.2, -0.15) is 8.42 Å². The van der Waals surface area contributed by atoms with E-state index in [0.29, 0.717) is 12.8 Å². The van der Waals surface area contributed by atoms with Crippen LogP contribution in [0.3, 0.4) is 0 Å². The van der Waals surface area contributed by atoms with Crippen LogP contribution in [0.25, 0.3) is 0 Å². The fourth-order valence-electron chi connectivity index (χ4n) is 5.03. The molecule has 0 amide bonds. The van der Waals surface area contributed by atoms with Crippen LogP contribution in [0, 0.1) is 0 Å². The van der Waals surface area contributed by atoms with Crippen molar-refractivity contribution < 1.29 is 17.2 Å². The first kappa shape index (κ1) is 22.0. The molecular weight excluding hydrogens is 427 g/mol. The fraction of sp³-hybridized carbons (Fsp3) is 0.280. The van der Waals surface area contributed by atoms with Gasteiger partial charge in [-0.3, -0.25) is 4.18 Å². The molecule has 3 atom stereocenters. The van der Waals surface area contributed by atoms with Crippen molar-refractivity contribution in [1.29, 1.82) is 0 Å². The van der Waals surface area contributed by atoms with Crippen LogP contribution in [0.2, 0.25) is 0 Å². The molecule has 0 N–H and O–H groups in total. The van der Waals surface area contributed by atoms with Gasteiger partial charge in [0.1, 0.15) is 7.14 Å². The Hall–Kier alpha value is -2.20. The van der Waals surface area contributed by atoms with Gasteiger partial charge in [0.2, 0.25) is 0 Å². The van der Waals surface area contributed by atoms with Crippen LogP contribution in [-0.2, 0) is 24.0 Å². The number of benzene rings is 3. The minimum Gasteiger partial charge on any atom is -0.317 e. The number of rotatable bonds is 7. The van der Waals surface area contributed by atoms with E-state index < -0.39 is 22.4 Å². The Balaban J connectivity index is 1.90. The zero-order valence-electron chi connectivity index (χ0n) is 17.6. The lowest BCUT2D eigenvalue weighted by molar-refractivity contribution is 0.290. The van der Waals surface area contributed by atoms with E-state index in [9.17, 15) is 8.42 Å². The summed E-state index contributed by atoms with van der Waals surface area (Å²) in [7, 11) is -6.66. The van der Waals surface area contributed by atoms with Crippen molar-refractivity contribution in [2.45, 2.75) is 30.1 Å². The van der Waals surface area contributed by atoms with Crippen molar-refractivity contribution in [2.24, 2.45) is 0 Å². The van der Waals surface area contributed by atoms with Gasteiger partial charge in [0, 0.05) is 11.0 Å². The Morgan fingerprint density at radius 3 is 2.03 bits per heavy atom. The van der Waals surface area contributed by atoms with Crippen LogP contribution in [0.1, 0.15) is 36.0 Å². The van der Waals surface area contributed by atoms with Crippen LogP contribution in [0.4, 0.5) is 0 Å². The van der Waals surface area contributed by atoms with Gasteiger partial charge < -0.3 is 4.57 Å². The Kier molecular flexibility index (Phi) is 6.20. The third kappa shape index (κ3) is 4.15. The molecule has 1 aliphatic rings. The molecule has 6 heteroatoms. The highest BCUT2D eigenvalue weighted by Crippen LogP contribution is 2.79. The van der Waals surface area contributed by atoms with Crippen molar-refractivity contribution in [1.82, 2.24) is 0 Å². The second-order valence-electron chi connectivity index (χ2n) is 8.13. The average Bonchev–Trinajstić information content (AvgIpc) is 3.09. The van der Waals surface area contributed by atoms with Crippen LogP contribution >= 0.6 is 7.14 Å². The normalized spacial score (nSPS) is 26.0. The molecule has 1 fully saturated rings. The van der Waals surface area contributed by atoms with E-state index in [1.165, 1.54) is 0 Å². The molecule has 0 bridgehead atoms. The quantitative estimate of drug-likeness (QED) is 0.351. The van der Waals surface area contributed by atoms with Gasteiger partial charge in [0.25, 0.3) is 10.1 Å². The lowest BCUT2D eigenvalue weighted by Crippen LogP contribution is -2.30. The molecule has 1 unspecified atom stereocenters. The van der Waals surface area contributed by atoms with Gasteiger partial charge in [-0.25, -0.2) is 0 Å². The fourth-order valence-corrected chi connectivity index (χ4v) is 9.99. The largest absolute Gasteiger partial charge is 0.317 e. The molecule has 0 aliphatic carbocycles. The van der Waals surface area contributed by atoms with Gasteiger partial charge in [0.15, 0.2) is 0 Å². The second kappa shape index (κ2) is 8.74. The number of hydrogen-bond acceptors (Lipinski definition) is 4. The van der Waals surface area contributed by atoms with Crippen molar-refractivity contribution in [3.8, 4) is 0 Å². The Bertz CT molecular complexity index is 1160. The van der Waals surface area contributed by atoms with Crippen LogP contribution in [-0.4, -0.2) is 21.3 Å². The maximum Gasteiger partial charge on any atom is 0.264 e. The van der Waals surface area contributed by atoms with E-state index >= 15 is 4.57 Å². The molecule has 0 aromatic heterocycles. The van der Waals surface area contributed by atoms with Crippen molar-refractivity contribution in [2.75, 3.05) is 12.9 Å². The van der Waals surface area contributed by atoms with Crippen molar-refractivity contribution >= 4 is 22.6 Å². The summed E-state index contributed by atoms with van der Waals surface area (Å²) in [6, 6.07) is 29.6. The molecular formula is C25H27O4PS. The van der Waals surface area contributed by atoms with E-state index in [1.807, 2.05) is 91.0 Å². The Morgan fingerprint density at radius 2 is 1.45 bits per heavy atom. The predicted molar refractivity (Wildman–Crippen MR) is 126 cm³/mol. The lowest BCUT2D eigenvalue weighted by atomic mass is 9.89. The third-order valence-electron chi connectivity index (χ3n) is 6.35. The number of hydrogen-bond donors (Lipinski definition) is 0. The zero-order chi connectivity index (χ0) is 22.0. The second-order valence-corrected chi connectivity index (χ2v) is 13.1. The minimum atomic E-state index is -3.58. The smallest absolute Gasteiger partial charge is 0.264 e. The molecule has 162 valence electrons. The summed E-state index contributed by atoms with van der Waals surface area (Å²) >= 11 is 0. The van der Waals surface area contributed by atoms with Gasteiger partial charge in [-0.1, -0.05) is 91.0 Å². The monoisotopic (exact) mass is 454 g/mol. The summed E-state index contributed by atoms with van der Waals surface area (Å²) < 4.78 is 43.9. The summed E-state index contributed by atoms with van der Waals surface area (Å²) in [5.74, 6) is 0. The summed E-state index contributed by atoms with van der Waals surface area (Å²) in [4.78, 5) is 0. The molecule has 1 saturated heterocycles. The molecule has 4 rings (SSSR count). The topological polar surface area (TPSA) is 60.4 Å². The summed E-state index contributed by atoms with van der Waals surface area (Å²) in [5.41, 5.74) is 1.92. The summed E-state index contributed by atoms with van der Waals surface area (Å²) in [6.07, 6.45) is 2.90. The zero-order valence-corrected chi connectivity index (χ0v) is 19.3. The van der Waals surface area contributed by atoms with E-state index in [1.54, 1.807) is 0 Å². The lowest BCUT2D eigenvalue weighted by Gasteiger charge is -2.39. The van der Waals surface area contributed by atoms with E-state index in [2.05, 4.69) is 0 Å². The van der Waals surface area contributed by atoms with E-state index in [0.717, 1.165) is 29.1 Å². The SMILES string of the molecule is CS(=O)(=O)OCC[C@]1(c2ccccc2)CC[C@@H](c2ccccc2)P1(=O)c1ccccc1. The minimum absolute atomic E-state index is 0.00601. The first-order valence-electron chi connectivity index (χ1n) is 10.5. The van der Waals surface area contributed by atoms with Crippen molar-refractivity contribution in [3.63, 3.8) is 0 Å². The maximum atomic E-state index is 15.4. The summed E-state index contributed by atoms with van der Waals surface area (Å²) in [5, 5.41) is 0.144. The first-order valence-corrected chi connectivity index (χ1v) is 14.1. The molecule has 0 spiro atoms. The molecule has 1 heterocycles. The van der Waals surface area contributed by atoms with Crippen LogP contribution in [0.15, 0.2) is 91.0 Å². The van der Waals surface area contributed by atoms with Gasteiger partial charge in [-0.05, 0) is 30.4 Å². The highest BCUT2D eigenvalue weighted by molar-refractivity contribution is 7.86. The average molecular weight is 455 g/mol. The molecule has 4 nitrogen and oxygen atoms in total. The molecule has 0 radical (unpaired) electrons. The molecule has 0 saturated carbocycles. The van der Waals surface area contributed by atoms with Gasteiger partial charge in [0.05, 0.1) is 18.0 Å². The van der Waals surface area contributed by atoms with Crippen LogP contribution in [0.5, 0.6) is 0 Å². The summed E-state index contributed by atoms with van der Waals surface area (Å²) in [6.45, 7) is 0.00601. The van der Waals surface area contributed by atoms with E-state index in [4.69, 9.17) is 4.18 Å². The Labute approximate surface area is 184 Å². The van der Waals surface area contributed by atoms with E-state index in [-0.39, 0.29) is 12.3 Å². The van der Waals surface area contributed by atoms with Gasteiger partial charge >= 0.3 is 0 Å². The predicted octanol–water partition coefficient (Wildman–Crippen LogP) is 5.47. The standard InChI is InChI=1S/C25H27O4PS/c1-31(27,28)29-20-19-25(22-13-7-3-8-14-22)18-17-24(21-11-5-2-6-12-21)30(25,26)23-15-9-4-10-16-23/h2-16,24H,17-20H2,1H3/t24-,25-,30?/m0/s1. The Morgan fingerprint density at radius 1 is 0.903 bits per heavy atom. The first-order chi connectivity index (χ1) is 14.9. The molecule has 3 aromatic carbocycles. The molecule has 1 aliphatic heterocycles. The van der Waals surface area contributed by atoms with Crippen LogP contribution < -0.4 is 5.30 Å². The molecule has 31 heavy (non-hydrogen) atoms. The van der Waals surface area contributed by atoms with Gasteiger partial charge in [-0.15, -0.1) is 0 Å². The molecule has 3 aromatic rings. The highest BCUT2D eigenvalue weighted by atomic mass is 32.2. The third-order valence-corrected chi connectivity index (χ3v) is 11.4. The maximum absolute atomic E-state index is 15.4.